The summed E-state index contributed by atoms with van der Waals surface area (Å²) in [5.74, 6) is 0. The van der Waals surface area contributed by atoms with Crippen molar-refractivity contribution in [1.82, 2.24) is 0 Å². The monoisotopic (exact) mass is 454 g/mol. The first-order chi connectivity index (χ1) is 13.4. The Bertz CT molecular complexity index is 757. The van der Waals surface area contributed by atoms with Crippen LogP contribution >= 0.6 is 0 Å². The number of benzene rings is 2. The van der Waals surface area contributed by atoms with Gasteiger partial charge in [0.25, 0.3) is 0 Å². The molecule has 30 heavy (non-hydrogen) atoms. The summed E-state index contributed by atoms with van der Waals surface area (Å²) in [4.78, 5) is 0. The number of alkyl halides is 12. The largest absolute Gasteiger partial charge is 0.416 e. The minimum Gasteiger partial charge on any atom is -0.166 e. The first kappa shape index (κ1) is 23.9. The second-order valence-corrected chi connectivity index (χ2v) is 6.33. The Hall–Kier alpha value is -2.40. The Morgan fingerprint density at radius 2 is 0.567 bits per heavy atom. The van der Waals surface area contributed by atoms with Crippen LogP contribution in [0.5, 0.6) is 0 Å². The molecule has 0 radical (unpaired) electrons. The number of hydrogen-bond donors (Lipinski definition) is 0. The van der Waals surface area contributed by atoms with Crippen molar-refractivity contribution >= 4 is 0 Å². The van der Waals surface area contributed by atoms with Crippen molar-refractivity contribution in [2.24, 2.45) is 0 Å². The maximum atomic E-state index is 12.9. The molecule has 0 amide bonds. The van der Waals surface area contributed by atoms with Crippen LogP contribution in [0.15, 0.2) is 36.4 Å². The normalized spacial score (nSPS) is 13.6. The average Bonchev–Trinajstić information content (AvgIpc) is 2.56. The van der Waals surface area contributed by atoms with Crippen LogP contribution in [0.4, 0.5) is 52.7 Å². The summed E-state index contributed by atoms with van der Waals surface area (Å²) in [6, 6.07) is 1.22. The SMILES string of the molecule is FC(F)(F)c1cc(CCc2cc(C(F)(F)F)cc(C(F)(F)F)c2)cc(C(F)(F)F)c1. The molecule has 0 aliphatic carbocycles. The highest BCUT2D eigenvalue weighted by molar-refractivity contribution is 5.36. The van der Waals surface area contributed by atoms with E-state index in [2.05, 4.69) is 0 Å². The maximum absolute atomic E-state index is 12.9. The zero-order valence-corrected chi connectivity index (χ0v) is 14.4. The molecule has 2 aromatic rings. The van der Waals surface area contributed by atoms with E-state index in [1.807, 2.05) is 0 Å². The number of rotatable bonds is 3. The molecule has 2 aromatic carbocycles. The van der Waals surface area contributed by atoms with E-state index < -0.39 is 70.9 Å². The summed E-state index contributed by atoms with van der Waals surface area (Å²) in [5, 5.41) is 0. The van der Waals surface area contributed by atoms with Gasteiger partial charge in [-0.2, -0.15) is 52.7 Å². The molecule has 0 spiro atoms. The number of halogens is 12. The third kappa shape index (κ3) is 6.05. The highest BCUT2D eigenvalue weighted by Gasteiger charge is 2.38. The molecule has 0 fully saturated rings. The van der Waals surface area contributed by atoms with Crippen LogP contribution in [-0.2, 0) is 37.5 Å². The fraction of sp³-hybridized carbons (Fsp3) is 0.333. The Morgan fingerprint density at radius 1 is 0.367 bits per heavy atom. The molecule has 166 valence electrons. The lowest BCUT2D eigenvalue weighted by molar-refractivity contribution is -0.144. The Morgan fingerprint density at radius 3 is 0.733 bits per heavy atom. The molecule has 0 N–H and O–H groups in total. The molecule has 0 aliphatic rings. The Labute approximate surface area is 161 Å². The van der Waals surface area contributed by atoms with Gasteiger partial charge in [-0.05, 0) is 60.4 Å². The molecule has 0 heterocycles. The molecular weight excluding hydrogens is 444 g/mol. The van der Waals surface area contributed by atoms with E-state index in [9.17, 15) is 52.7 Å². The van der Waals surface area contributed by atoms with Crippen molar-refractivity contribution in [1.29, 1.82) is 0 Å². The van der Waals surface area contributed by atoms with E-state index in [-0.39, 0.29) is 12.1 Å². The lowest BCUT2D eigenvalue weighted by Gasteiger charge is -2.16. The topological polar surface area (TPSA) is 0 Å². The molecule has 0 nitrogen and oxygen atoms in total. The summed E-state index contributed by atoms with van der Waals surface area (Å²) in [6.45, 7) is 0. The Kier molecular flexibility index (Phi) is 6.12. The van der Waals surface area contributed by atoms with Crippen LogP contribution in [0.3, 0.4) is 0 Å². The number of hydrogen-bond acceptors (Lipinski definition) is 0. The van der Waals surface area contributed by atoms with Gasteiger partial charge in [0.1, 0.15) is 0 Å². The van der Waals surface area contributed by atoms with Gasteiger partial charge in [-0.15, -0.1) is 0 Å². The molecule has 12 heteroatoms. The predicted octanol–water partition coefficient (Wildman–Crippen LogP) is 7.55. The zero-order valence-electron chi connectivity index (χ0n) is 14.4. The summed E-state index contributed by atoms with van der Waals surface area (Å²) >= 11 is 0. The van der Waals surface area contributed by atoms with Crippen LogP contribution in [0.25, 0.3) is 0 Å². The molecule has 0 saturated carbocycles. The predicted molar refractivity (Wildman–Crippen MR) is 80.3 cm³/mol. The van der Waals surface area contributed by atoms with Gasteiger partial charge in [0.15, 0.2) is 0 Å². The van der Waals surface area contributed by atoms with Gasteiger partial charge in [0.2, 0.25) is 0 Å². The molecule has 0 bridgehead atoms. The first-order valence-corrected chi connectivity index (χ1v) is 7.94. The van der Waals surface area contributed by atoms with Gasteiger partial charge in [-0.3, -0.25) is 0 Å². The lowest BCUT2D eigenvalue weighted by atomic mass is 9.97. The van der Waals surface area contributed by atoms with Gasteiger partial charge in [0.05, 0.1) is 22.3 Å². The standard InChI is InChI=1S/C18H10F12/c19-15(20,21)11-3-9(4-12(7-11)16(22,23)24)1-2-10-5-13(17(25,26)27)8-14(6-10)18(28,29)30/h3-8H,1-2H2. The van der Waals surface area contributed by atoms with Gasteiger partial charge in [-0.1, -0.05) is 0 Å². The smallest absolute Gasteiger partial charge is 0.166 e. The highest BCUT2D eigenvalue weighted by Crippen LogP contribution is 2.38. The summed E-state index contributed by atoms with van der Waals surface area (Å²) in [5.41, 5.74) is -7.61. The molecule has 2 rings (SSSR count). The molecule has 0 saturated heterocycles. The van der Waals surface area contributed by atoms with E-state index >= 15 is 0 Å². The van der Waals surface area contributed by atoms with E-state index in [1.54, 1.807) is 0 Å². The molecule has 0 aromatic heterocycles. The third-order valence-electron chi connectivity index (χ3n) is 4.00. The average molecular weight is 454 g/mol. The van der Waals surface area contributed by atoms with E-state index in [0.717, 1.165) is 0 Å². The lowest BCUT2D eigenvalue weighted by Crippen LogP contribution is -2.13. The first-order valence-electron chi connectivity index (χ1n) is 7.94. The van der Waals surface area contributed by atoms with Crippen molar-refractivity contribution in [2.45, 2.75) is 37.5 Å². The minimum absolute atomic E-state index is 0.129. The van der Waals surface area contributed by atoms with E-state index in [1.165, 1.54) is 0 Å². The highest BCUT2D eigenvalue weighted by atomic mass is 19.4. The fourth-order valence-corrected chi connectivity index (χ4v) is 2.62. The quantitative estimate of drug-likeness (QED) is 0.420. The van der Waals surface area contributed by atoms with Gasteiger partial charge in [-0.25, -0.2) is 0 Å². The second kappa shape index (κ2) is 7.69. The minimum atomic E-state index is -5.13. The van der Waals surface area contributed by atoms with Crippen LogP contribution in [0, 0.1) is 0 Å². The molecule has 0 aliphatic heterocycles. The third-order valence-corrected chi connectivity index (χ3v) is 4.00. The fourth-order valence-electron chi connectivity index (χ4n) is 2.62. The van der Waals surface area contributed by atoms with E-state index in [0.29, 0.717) is 24.3 Å². The molecule has 0 atom stereocenters. The summed E-state index contributed by atoms with van der Waals surface area (Å²) < 4.78 is 154. The van der Waals surface area contributed by atoms with E-state index in [4.69, 9.17) is 0 Å². The van der Waals surface area contributed by atoms with Crippen LogP contribution in [0.2, 0.25) is 0 Å². The maximum Gasteiger partial charge on any atom is 0.416 e. The van der Waals surface area contributed by atoms with Gasteiger partial charge in [0, 0.05) is 0 Å². The van der Waals surface area contributed by atoms with Crippen molar-refractivity contribution < 1.29 is 52.7 Å². The summed E-state index contributed by atoms with van der Waals surface area (Å²) in [6.07, 6.45) is -21.8. The molecular formula is C18H10F12. The van der Waals surface area contributed by atoms with Crippen LogP contribution in [0.1, 0.15) is 33.4 Å². The zero-order chi connectivity index (χ0) is 23.1. The number of aryl methyl sites for hydroxylation is 2. The Balaban J connectivity index is 2.43. The van der Waals surface area contributed by atoms with Crippen molar-refractivity contribution in [3.8, 4) is 0 Å². The van der Waals surface area contributed by atoms with Gasteiger partial charge >= 0.3 is 24.7 Å². The van der Waals surface area contributed by atoms with Crippen LogP contribution in [-0.4, -0.2) is 0 Å². The molecule has 0 unspecified atom stereocenters. The second-order valence-electron chi connectivity index (χ2n) is 6.33. The van der Waals surface area contributed by atoms with Crippen LogP contribution < -0.4 is 0 Å². The van der Waals surface area contributed by atoms with Gasteiger partial charge < -0.3 is 0 Å². The van der Waals surface area contributed by atoms with Crippen molar-refractivity contribution in [3.05, 3.63) is 69.8 Å². The summed E-state index contributed by atoms with van der Waals surface area (Å²) in [7, 11) is 0. The van der Waals surface area contributed by atoms with Crippen molar-refractivity contribution in [2.75, 3.05) is 0 Å². The van der Waals surface area contributed by atoms with Crippen molar-refractivity contribution in [3.63, 3.8) is 0 Å².